The zero-order valence-corrected chi connectivity index (χ0v) is 36.0. The molecule has 0 radical (unpaired) electrons. The summed E-state index contributed by atoms with van der Waals surface area (Å²) in [5.74, 6) is 5.77. The molecule has 0 saturated carbocycles. The van der Waals surface area contributed by atoms with E-state index in [1.165, 1.54) is 16.7 Å². The number of carbonyl (C=O) groups is 2. The van der Waals surface area contributed by atoms with Crippen molar-refractivity contribution in [1.82, 2.24) is 0 Å². The fourth-order valence-corrected chi connectivity index (χ4v) is 9.88. The Hall–Kier alpha value is -6.21. The number of aliphatic hydroxyl groups excluding tert-OH is 1. The van der Waals surface area contributed by atoms with Crippen LogP contribution in [-0.2, 0) is 49.5 Å². The van der Waals surface area contributed by atoms with Gasteiger partial charge in [0, 0.05) is 54.7 Å². The van der Waals surface area contributed by atoms with Crippen molar-refractivity contribution in [2.75, 3.05) is 20.3 Å². The van der Waals surface area contributed by atoms with E-state index in [1.807, 2.05) is 19.1 Å². The normalized spacial score (nSPS) is 25.0. The van der Waals surface area contributed by atoms with Crippen LogP contribution in [-0.4, -0.2) is 49.1 Å². The van der Waals surface area contributed by atoms with Crippen molar-refractivity contribution in [3.8, 4) is 17.6 Å². The molecule has 9 rings (SSSR count). The molecule has 1 aromatic heterocycles. The van der Waals surface area contributed by atoms with Crippen molar-refractivity contribution in [1.29, 1.82) is 0 Å². The lowest BCUT2D eigenvalue weighted by Crippen LogP contribution is -2.54. The quantitative estimate of drug-likeness (QED) is 0.0563. The summed E-state index contributed by atoms with van der Waals surface area (Å²) in [5, 5.41) is 10.9. The van der Waals surface area contributed by atoms with Crippen molar-refractivity contribution in [2.24, 2.45) is 5.92 Å². The summed E-state index contributed by atoms with van der Waals surface area (Å²) in [6.45, 7) is 3.51. The van der Waals surface area contributed by atoms with Gasteiger partial charge in [0.25, 0.3) is 0 Å². The maximum atomic E-state index is 14.9. The van der Waals surface area contributed by atoms with Crippen LogP contribution in [0.25, 0.3) is 11.0 Å². The highest BCUT2D eigenvalue weighted by molar-refractivity contribution is 5.90. The minimum Gasteiger partial charge on any atom is -0.482 e. The van der Waals surface area contributed by atoms with Gasteiger partial charge < -0.3 is 28.5 Å². The first-order valence-corrected chi connectivity index (χ1v) is 22.0. The second kappa shape index (κ2) is 17.9. The van der Waals surface area contributed by atoms with Crippen LogP contribution < -0.4 is 10.4 Å². The van der Waals surface area contributed by atoms with E-state index in [4.69, 9.17) is 23.4 Å². The third kappa shape index (κ3) is 8.63. The second-order valence-corrected chi connectivity index (χ2v) is 17.6. The summed E-state index contributed by atoms with van der Waals surface area (Å²) >= 11 is 0. The van der Waals surface area contributed by atoms with Crippen LogP contribution in [0.1, 0.15) is 102 Å². The fourth-order valence-electron chi connectivity index (χ4n) is 9.88. The predicted molar refractivity (Wildman–Crippen MR) is 239 cm³/mol. The first kappa shape index (κ1) is 42.1. The van der Waals surface area contributed by atoms with Gasteiger partial charge in [0.1, 0.15) is 11.3 Å². The number of esters is 2. The summed E-state index contributed by atoms with van der Waals surface area (Å²) < 4.78 is 31.3. The monoisotopic (exact) mass is 844 g/mol. The van der Waals surface area contributed by atoms with Crippen LogP contribution in [0.3, 0.4) is 0 Å². The molecule has 9 nitrogen and oxygen atoms in total. The largest absolute Gasteiger partial charge is 0.482 e. The summed E-state index contributed by atoms with van der Waals surface area (Å²) in [4.78, 5) is 42.9. The lowest BCUT2D eigenvalue weighted by molar-refractivity contribution is -0.190. The fraction of sp³-hybridized carbons (Fsp3) is 0.352. The van der Waals surface area contributed by atoms with Crippen molar-refractivity contribution < 1.29 is 38.1 Å². The van der Waals surface area contributed by atoms with Crippen LogP contribution in [0.4, 0.5) is 0 Å². The topological polar surface area (TPSA) is 122 Å². The van der Waals surface area contributed by atoms with Gasteiger partial charge in [-0.25, -0.2) is 9.59 Å². The van der Waals surface area contributed by atoms with Gasteiger partial charge in [-0.15, -0.1) is 0 Å². The smallest absolute Gasteiger partial charge is 0.339 e. The Bertz CT molecular complexity index is 2750. The van der Waals surface area contributed by atoms with Crippen LogP contribution in [0.2, 0.25) is 0 Å². The van der Waals surface area contributed by atoms with Gasteiger partial charge in [0.05, 0.1) is 25.2 Å². The van der Waals surface area contributed by atoms with Crippen LogP contribution >= 0.6 is 0 Å². The number of aliphatic hydroxyl groups is 1. The first-order chi connectivity index (χ1) is 30.6. The van der Waals surface area contributed by atoms with E-state index in [9.17, 15) is 19.5 Å². The number of hydrogen-bond donors (Lipinski definition) is 1. The molecule has 1 N–H and O–H groups in total. The highest BCUT2D eigenvalue weighted by Crippen LogP contribution is 2.49. The van der Waals surface area contributed by atoms with Crippen LogP contribution in [0.5, 0.6) is 5.75 Å². The molecule has 0 spiro atoms. The SMILES string of the molecule is COCCc1cc2ccc3c(c2oc1=O)[C@H]1OC(=O)C[C@@H]2C[C@@H](c4cccc(Cc5ccccc5)c4)C=C[C@H]2c2ccc4cc2CC#CC[C@@](C)(O3)[C@H]1OC(=O)/C(=C(/C)CO)CC4. The number of allylic oxidation sites excluding steroid dienone is 2. The maximum absolute atomic E-state index is 14.9. The zero-order chi connectivity index (χ0) is 43.7. The molecular weight excluding hydrogens is 793 g/mol. The van der Waals surface area contributed by atoms with E-state index in [0.717, 1.165) is 23.1 Å². The number of methoxy groups -OCH3 is 1. The molecule has 4 aliphatic rings. The van der Waals surface area contributed by atoms with Crippen molar-refractivity contribution >= 4 is 22.9 Å². The Balaban J connectivity index is 1.19. The number of aryl methyl sites for hydroxylation is 1. The molecule has 0 amide bonds. The Morgan fingerprint density at radius 2 is 1.75 bits per heavy atom. The van der Waals surface area contributed by atoms with Gasteiger partial charge in [0.2, 0.25) is 0 Å². The molecular formula is C54H52O9. The molecule has 6 atom stereocenters. The third-order valence-electron chi connectivity index (χ3n) is 13.3. The van der Waals surface area contributed by atoms with E-state index in [2.05, 4.69) is 90.7 Å². The summed E-state index contributed by atoms with van der Waals surface area (Å²) in [7, 11) is 1.57. The highest BCUT2D eigenvalue weighted by Gasteiger charge is 2.53. The second-order valence-electron chi connectivity index (χ2n) is 17.6. The van der Waals surface area contributed by atoms with E-state index in [-0.39, 0.29) is 42.8 Å². The molecule has 0 saturated heterocycles. The molecule has 4 aromatic carbocycles. The number of rotatable bonds is 7. The Kier molecular flexibility index (Phi) is 11.9. The van der Waals surface area contributed by atoms with Crippen molar-refractivity contribution in [2.45, 2.75) is 94.9 Å². The van der Waals surface area contributed by atoms with Gasteiger partial charge in [0.15, 0.2) is 17.8 Å². The van der Waals surface area contributed by atoms with Crippen molar-refractivity contribution in [3.63, 3.8) is 0 Å². The molecule has 5 aromatic rings. The van der Waals surface area contributed by atoms with Gasteiger partial charge in [-0.2, -0.15) is 0 Å². The lowest BCUT2D eigenvalue weighted by Gasteiger charge is -2.44. The van der Waals surface area contributed by atoms with Crippen molar-refractivity contribution in [3.05, 3.63) is 169 Å². The summed E-state index contributed by atoms with van der Waals surface area (Å²) in [6, 6.07) is 30.9. The molecule has 0 fully saturated rings. The molecule has 9 heteroatoms. The Labute approximate surface area is 367 Å². The molecule has 0 unspecified atom stereocenters. The Morgan fingerprint density at radius 3 is 2.57 bits per heavy atom. The minimum atomic E-state index is -1.31. The lowest BCUT2D eigenvalue weighted by atomic mass is 9.71. The molecule has 4 heterocycles. The number of fused-ring (bicyclic) bond motifs is 9. The average molecular weight is 845 g/mol. The van der Waals surface area contributed by atoms with E-state index < -0.39 is 35.4 Å². The van der Waals surface area contributed by atoms with Crippen LogP contribution in [0, 0.1) is 17.8 Å². The summed E-state index contributed by atoms with van der Waals surface area (Å²) in [6.07, 6.45) is 5.43. The number of carbonyl (C=O) groups excluding carboxylic acids is 2. The standard InChI is InChI=1S/C54H52O9/c1-33(32-55)43-19-15-35-16-20-44-39(27-35)13-7-8-24-54(2)51(62-53(43)58)50(48-46(63-54)22-18-40-30-41(23-25-59-3)52(57)61-49(40)48)60-47(56)31-42-29-38(17-21-45(42)44)37-14-9-12-36(28-37)26-34-10-5-4-6-11-34/h4-6,9-12,14,16-18,20-22,27-28,30,38,42,45,50-51,55H,13,15,19,23-26,29,31-32H2,1-3H3/b43-33-/t38-,42-,45+,50+,51-,54+/m0/s1. The summed E-state index contributed by atoms with van der Waals surface area (Å²) in [5.41, 5.74) is 6.72. The number of hydrogen-bond acceptors (Lipinski definition) is 9. The Morgan fingerprint density at radius 1 is 0.905 bits per heavy atom. The molecule has 1 aliphatic carbocycles. The molecule has 63 heavy (non-hydrogen) atoms. The van der Waals surface area contributed by atoms with Gasteiger partial charge in [-0.3, -0.25) is 4.79 Å². The molecule has 5 bridgehead atoms. The molecule has 322 valence electrons. The van der Waals surface area contributed by atoms with Gasteiger partial charge in [-0.05, 0) is 103 Å². The predicted octanol–water partition coefficient (Wildman–Crippen LogP) is 8.96. The third-order valence-corrected chi connectivity index (χ3v) is 13.3. The number of benzene rings is 4. The number of ether oxygens (including phenoxy) is 4. The van der Waals surface area contributed by atoms with Crippen LogP contribution in [0.15, 0.2) is 124 Å². The zero-order valence-electron chi connectivity index (χ0n) is 36.0. The average Bonchev–Trinajstić information content (AvgIpc) is 3.28. The minimum absolute atomic E-state index is 0.0491. The first-order valence-electron chi connectivity index (χ1n) is 22.0. The molecule has 3 aliphatic heterocycles. The van der Waals surface area contributed by atoms with Gasteiger partial charge >= 0.3 is 17.6 Å². The maximum Gasteiger partial charge on any atom is 0.339 e. The van der Waals surface area contributed by atoms with E-state index in [0.29, 0.717) is 72.1 Å². The van der Waals surface area contributed by atoms with Gasteiger partial charge in [-0.1, -0.05) is 96.8 Å². The van der Waals surface area contributed by atoms with E-state index in [1.54, 1.807) is 26.2 Å². The van der Waals surface area contributed by atoms with E-state index >= 15 is 0 Å². The highest BCUT2D eigenvalue weighted by atomic mass is 16.6.